The van der Waals surface area contributed by atoms with Crippen molar-refractivity contribution in [2.75, 3.05) is 33.2 Å². The number of nitrogens with zero attached hydrogens (tertiary/aromatic N) is 3. The molecule has 28 heavy (non-hydrogen) atoms. The van der Waals surface area contributed by atoms with Crippen LogP contribution in [-0.4, -0.2) is 72.9 Å². The molecule has 1 N–H and O–H groups in total. The van der Waals surface area contributed by atoms with Gasteiger partial charge in [-0.05, 0) is 52.4 Å². The topological polar surface area (TPSA) is 57.2 Å². The fourth-order valence-corrected chi connectivity index (χ4v) is 3.31. The third-order valence-electron chi connectivity index (χ3n) is 4.89. The Morgan fingerprint density at radius 2 is 1.79 bits per heavy atom. The van der Waals surface area contributed by atoms with Crippen LogP contribution in [0.3, 0.4) is 0 Å². The van der Waals surface area contributed by atoms with E-state index in [0.29, 0.717) is 25.0 Å². The molecule has 0 bridgehead atoms. The van der Waals surface area contributed by atoms with Gasteiger partial charge in [0, 0.05) is 39.3 Å². The number of halogens is 3. The molecule has 162 valence electrons. The SMILES string of the molecule is CN=C(NCCC(F)(F)F)N1CCC(N(CC2CC2)C(=O)OC(C)(C)C)CC1. The molecule has 6 nitrogen and oxygen atoms in total. The van der Waals surface area contributed by atoms with E-state index in [1.54, 1.807) is 7.05 Å². The summed E-state index contributed by atoms with van der Waals surface area (Å²) in [6.07, 6.45) is -1.57. The number of rotatable bonds is 5. The highest BCUT2D eigenvalue weighted by molar-refractivity contribution is 5.80. The number of hydrogen-bond donors (Lipinski definition) is 1. The second-order valence-corrected chi connectivity index (χ2v) is 8.63. The van der Waals surface area contributed by atoms with E-state index < -0.39 is 18.2 Å². The summed E-state index contributed by atoms with van der Waals surface area (Å²) in [6, 6.07) is 0.0833. The number of likely N-dealkylation sites (tertiary alicyclic amines) is 1. The molecule has 0 spiro atoms. The van der Waals surface area contributed by atoms with Gasteiger partial charge >= 0.3 is 12.3 Å². The summed E-state index contributed by atoms with van der Waals surface area (Å²) in [7, 11) is 1.57. The molecular weight excluding hydrogens is 373 g/mol. The van der Waals surface area contributed by atoms with Crippen molar-refractivity contribution in [1.82, 2.24) is 15.1 Å². The van der Waals surface area contributed by atoms with Gasteiger partial charge in [0.25, 0.3) is 0 Å². The van der Waals surface area contributed by atoms with E-state index in [2.05, 4.69) is 10.3 Å². The summed E-state index contributed by atoms with van der Waals surface area (Å²) < 4.78 is 42.6. The molecule has 0 atom stereocenters. The van der Waals surface area contributed by atoms with Gasteiger partial charge in [-0.15, -0.1) is 0 Å². The molecule has 0 radical (unpaired) electrons. The standard InChI is InChI=1S/C19H33F3N4O2/c1-18(2,3)28-17(27)26(13-14-5-6-14)15-7-11-25(12-8-15)16(23-4)24-10-9-19(20,21)22/h14-15H,5-13H2,1-4H3,(H,23,24). The number of guanidine groups is 1. The average molecular weight is 406 g/mol. The Bertz CT molecular complexity index is 548. The maximum Gasteiger partial charge on any atom is 0.410 e. The lowest BCUT2D eigenvalue weighted by molar-refractivity contribution is -0.132. The molecule has 1 saturated heterocycles. The summed E-state index contributed by atoms with van der Waals surface area (Å²) in [6.45, 7) is 7.39. The van der Waals surface area contributed by atoms with Crippen LogP contribution in [0.25, 0.3) is 0 Å². The Balaban J connectivity index is 1.89. The van der Waals surface area contributed by atoms with Crippen LogP contribution in [0.2, 0.25) is 0 Å². The van der Waals surface area contributed by atoms with E-state index in [-0.39, 0.29) is 18.7 Å². The first kappa shape index (κ1) is 22.6. The zero-order chi connectivity index (χ0) is 20.9. The number of nitrogens with one attached hydrogen (secondary N) is 1. The van der Waals surface area contributed by atoms with E-state index >= 15 is 0 Å². The quantitative estimate of drug-likeness (QED) is 0.560. The van der Waals surface area contributed by atoms with Crippen LogP contribution in [0, 0.1) is 5.92 Å². The summed E-state index contributed by atoms with van der Waals surface area (Å²) in [5.74, 6) is 1.04. The molecule has 2 fully saturated rings. The van der Waals surface area contributed by atoms with Gasteiger partial charge < -0.3 is 19.9 Å². The fourth-order valence-electron chi connectivity index (χ4n) is 3.31. The van der Waals surface area contributed by atoms with Gasteiger partial charge in [0.05, 0.1) is 6.42 Å². The highest BCUT2D eigenvalue weighted by Gasteiger charge is 2.36. The molecular formula is C19H33F3N4O2. The lowest BCUT2D eigenvalue weighted by atomic mass is 10.0. The summed E-state index contributed by atoms with van der Waals surface area (Å²) >= 11 is 0. The lowest BCUT2D eigenvalue weighted by Gasteiger charge is -2.40. The van der Waals surface area contributed by atoms with E-state index in [9.17, 15) is 18.0 Å². The smallest absolute Gasteiger partial charge is 0.410 e. The van der Waals surface area contributed by atoms with Gasteiger partial charge in [0.2, 0.25) is 0 Å². The molecule has 1 heterocycles. The third kappa shape index (κ3) is 7.75. The van der Waals surface area contributed by atoms with E-state index in [0.717, 1.165) is 32.2 Å². The van der Waals surface area contributed by atoms with Gasteiger partial charge in [-0.3, -0.25) is 4.99 Å². The van der Waals surface area contributed by atoms with Crippen LogP contribution >= 0.6 is 0 Å². The number of amides is 1. The van der Waals surface area contributed by atoms with E-state index in [1.807, 2.05) is 30.6 Å². The summed E-state index contributed by atoms with van der Waals surface area (Å²) in [4.78, 5) is 20.6. The second-order valence-electron chi connectivity index (χ2n) is 8.63. The van der Waals surface area contributed by atoms with Crippen LogP contribution in [0.15, 0.2) is 4.99 Å². The Labute approximate surface area is 165 Å². The van der Waals surface area contributed by atoms with Crippen molar-refractivity contribution in [3.63, 3.8) is 0 Å². The molecule has 0 unspecified atom stereocenters. The Morgan fingerprint density at radius 1 is 1.18 bits per heavy atom. The number of aliphatic imine (C=N–C) groups is 1. The van der Waals surface area contributed by atoms with Crippen molar-refractivity contribution in [2.45, 2.75) is 70.7 Å². The van der Waals surface area contributed by atoms with E-state index in [4.69, 9.17) is 4.74 Å². The highest BCUT2D eigenvalue weighted by Crippen LogP contribution is 2.32. The molecule has 1 aliphatic heterocycles. The molecule has 1 amide bonds. The van der Waals surface area contributed by atoms with Gasteiger partial charge in [0.15, 0.2) is 5.96 Å². The third-order valence-corrected chi connectivity index (χ3v) is 4.89. The molecule has 0 aromatic rings. The van der Waals surface area contributed by atoms with Crippen LogP contribution in [0.5, 0.6) is 0 Å². The molecule has 2 aliphatic rings. The van der Waals surface area contributed by atoms with Crippen molar-refractivity contribution >= 4 is 12.1 Å². The van der Waals surface area contributed by atoms with Crippen LogP contribution in [-0.2, 0) is 4.74 Å². The minimum absolute atomic E-state index is 0.0833. The van der Waals surface area contributed by atoms with Gasteiger partial charge in [-0.2, -0.15) is 13.2 Å². The van der Waals surface area contributed by atoms with Gasteiger partial charge in [-0.25, -0.2) is 4.79 Å². The maximum absolute atomic E-state index is 12.7. The number of carbonyl (C=O) groups is 1. The molecule has 2 rings (SSSR count). The number of carbonyl (C=O) groups excluding carboxylic acids is 1. The lowest BCUT2D eigenvalue weighted by Crippen LogP contribution is -2.52. The normalized spacial score (nSPS) is 19.5. The Kier molecular flexibility index (Phi) is 7.45. The largest absolute Gasteiger partial charge is 0.444 e. The molecule has 0 aromatic heterocycles. The first-order chi connectivity index (χ1) is 13.0. The molecule has 9 heteroatoms. The zero-order valence-electron chi connectivity index (χ0n) is 17.3. The van der Waals surface area contributed by atoms with Crippen molar-refractivity contribution in [3.05, 3.63) is 0 Å². The van der Waals surface area contributed by atoms with Crippen molar-refractivity contribution in [1.29, 1.82) is 0 Å². The molecule has 0 aromatic carbocycles. The number of ether oxygens (including phenoxy) is 1. The highest BCUT2D eigenvalue weighted by atomic mass is 19.4. The van der Waals surface area contributed by atoms with E-state index in [1.165, 1.54) is 0 Å². The van der Waals surface area contributed by atoms with Crippen LogP contribution in [0.4, 0.5) is 18.0 Å². The predicted molar refractivity (Wildman–Crippen MR) is 102 cm³/mol. The van der Waals surface area contributed by atoms with Gasteiger partial charge in [0.1, 0.15) is 5.60 Å². The monoisotopic (exact) mass is 406 g/mol. The van der Waals surface area contributed by atoms with Crippen LogP contribution in [0.1, 0.15) is 52.9 Å². The zero-order valence-corrected chi connectivity index (χ0v) is 17.3. The Morgan fingerprint density at radius 3 is 2.25 bits per heavy atom. The predicted octanol–water partition coefficient (Wildman–Crippen LogP) is 3.63. The van der Waals surface area contributed by atoms with Crippen molar-refractivity contribution in [3.8, 4) is 0 Å². The van der Waals surface area contributed by atoms with Crippen molar-refractivity contribution in [2.24, 2.45) is 10.9 Å². The van der Waals surface area contributed by atoms with Crippen molar-refractivity contribution < 1.29 is 22.7 Å². The minimum Gasteiger partial charge on any atom is -0.444 e. The summed E-state index contributed by atoms with van der Waals surface area (Å²) in [5, 5.41) is 2.79. The molecule has 1 aliphatic carbocycles. The second kappa shape index (κ2) is 9.22. The first-order valence-electron chi connectivity index (χ1n) is 10.0. The number of piperidine rings is 1. The first-order valence-corrected chi connectivity index (χ1v) is 10.0. The summed E-state index contributed by atoms with van der Waals surface area (Å²) in [5.41, 5.74) is -0.538. The fraction of sp³-hybridized carbons (Fsp3) is 0.895. The number of alkyl halides is 3. The average Bonchev–Trinajstić information content (AvgIpc) is 3.38. The number of hydrogen-bond acceptors (Lipinski definition) is 3. The minimum atomic E-state index is -4.18. The van der Waals surface area contributed by atoms with Crippen LogP contribution < -0.4 is 5.32 Å². The molecule has 1 saturated carbocycles. The van der Waals surface area contributed by atoms with Gasteiger partial charge in [-0.1, -0.05) is 0 Å². The Hall–Kier alpha value is -1.67. The maximum atomic E-state index is 12.7.